The number of rotatable bonds is 3. The van der Waals surface area contributed by atoms with Crippen LogP contribution in [0.1, 0.15) is 29.7 Å². The Hall–Kier alpha value is -3.84. The van der Waals surface area contributed by atoms with Crippen LogP contribution in [0.2, 0.25) is 0 Å². The van der Waals surface area contributed by atoms with E-state index in [4.69, 9.17) is 0 Å². The van der Waals surface area contributed by atoms with Crippen molar-refractivity contribution < 1.29 is 0 Å². The molecule has 32 heavy (non-hydrogen) atoms. The molecule has 0 radical (unpaired) electrons. The lowest BCUT2D eigenvalue weighted by atomic mass is 9.95. The number of benzene rings is 2. The number of pyridine rings is 1. The number of hydrogen-bond donors (Lipinski definition) is 2. The lowest BCUT2D eigenvalue weighted by Crippen LogP contribution is -2.27. The highest BCUT2D eigenvalue weighted by Gasteiger charge is 2.18. The molecule has 4 heterocycles. The minimum Gasteiger partial charge on any atom is -0.310 e. The van der Waals surface area contributed by atoms with Gasteiger partial charge in [-0.1, -0.05) is 17.3 Å². The Morgan fingerprint density at radius 3 is 2.88 bits per heavy atom. The number of aryl methyl sites for hydroxylation is 1. The zero-order valence-electron chi connectivity index (χ0n) is 18.0. The van der Waals surface area contributed by atoms with Gasteiger partial charge in [0.2, 0.25) is 0 Å². The number of aromatic amines is 1. The van der Waals surface area contributed by atoms with Crippen molar-refractivity contribution >= 4 is 10.9 Å². The van der Waals surface area contributed by atoms with Crippen LogP contribution in [0.3, 0.4) is 0 Å². The molecule has 0 amide bonds. The second kappa shape index (κ2) is 7.39. The third-order valence-electron chi connectivity index (χ3n) is 6.21. The van der Waals surface area contributed by atoms with E-state index in [1.54, 1.807) is 0 Å². The van der Waals surface area contributed by atoms with E-state index in [1.807, 2.05) is 36.3 Å². The van der Waals surface area contributed by atoms with Gasteiger partial charge in [-0.3, -0.25) is 10.1 Å². The van der Waals surface area contributed by atoms with Crippen molar-refractivity contribution in [2.75, 3.05) is 6.54 Å². The molecule has 0 fully saturated rings. The summed E-state index contributed by atoms with van der Waals surface area (Å²) in [5.41, 5.74) is 9.54. The summed E-state index contributed by atoms with van der Waals surface area (Å²) in [7, 11) is 0. The molecule has 5 aromatic rings. The first-order valence-electron chi connectivity index (χ1n) is 10.9. The van der Waals surface area contributed by atoms with Gasteiger partial charge in [0.1, 0.15) is 11.4 Å². The predicted molar refractivity (Wildman–Crippen MR) is 125 cm³/mol. The van der Waals surface area contributed by atoms with Crippen molar-refractivity contribution in [1.82, 2.24) is 35.5 Å². The van der Waals surface area contributed by atoms with Crippen LogP contribution in [0.4, 0.5) is 0 Å². The number of fused-ring (bicyclic) bond motifs is 2. The normalized spacial score (nSPS) is 15.8. The maximum absolute atomic E-state index is 4.54. The highest BCUT2D eigenvalue weighted by atomic mass is 15.4. The van der Waals surface area contributed by atoms with Crippen molar-refractivity contribution in [3.63, 3.8) is 0 Å². The lowest BCUT2D eigenvalue weighted by Gasteiger charge is -2.24. The van der Waals surface area contributed by atoms with Gasteiger partial charge in [0.05, 0.1) is 17.4 Å². The Balaban J connectivity index is 1.39. The fourth-order valence-electron chi connectivity index (χ4n) is 4.49. The number of aromatic nitrogens is 6. The summed E-state index contributed by atoms with van der Waals surface area (Å²) in [6, 6.07) is 15.3. The summed E-state index contributed by atoms with van der Waals surface area (Å²) < 4.78 is 1.83. The highest BCUT2D eigenvalue weighted by molar-refractivity contribution is 5.94. The molecule has 158 valence electrons. The molecule has 0 spiro atoms. The first kappa shape index (κ1) is 18.9. The van der Waals surface area contributed by atoms with Gasteiger partial charge in [0.15, 0.2) is 0 Å². The van der Waals surface area contributed by atoms with Crippen LogP contribution in [0.5, 0.6) is 0 Å². The summed E-state index contributed by atoms with van der Waals surface area (Å²) in [6.07, 6.45) is 6.75. The van der Waals surface area contributed by atoms with E-state index in [2.05, 4.69) is 74.1 Å². The van der Waals surface area contributed by atoms with Crippen LogP contribution < -0.4 is 5.32 Å². The number of nitrogens with zero attached hydrogens (tertiary/aromatic N) is 5. The quantitative estimate of drug-likeness (QED) is 0.451. The van der Waals surface area contributed by atoms with Gasteiger partial charge in [0.25, 0.3) is 0 Å². The van der Waals surface area contributed by atoms with E-state index in [0.717, 1.165) is 57.6 Å². The third-order valence-corrected chi connectivity index (χ3v) is 6.21. The predicted octanol–water partition coefficient (Wildman–Crippen LogP) is 4.39. The van der Waals surface area contributed by atoms with Crippen LogP contribution in [0.15, 0.2) is 61.1 Å². The second-order valence-corrected chi connectivity index (χ2v) is 8.44. The summed E-state index contributed by atoms with van der Waals surface area (Å²) in [4.78, 5) is 4.33. The average molecular weight is 422 g/mol. The molecule has 6 rings (SSSR count). The zero-order valence-corrected chi connectivity index (χ0v) is 18.0. The SMILES string of the molecule is Cc1cncc(-c2ccc3[nH]nc(-c4cn(-c5ccc6c(c5)C(C)NCC6)nn4)c3c2)c1. The lowest BCUT2D eigenvalue weighted by molar-refractivity contribution is 0.540. The molecule has 1 aliphatic heterocycles. The van der Waals surface area contributed by atoms with E-state index in [0.29, 0.717) is 6.04 Å². The highest BCUT2D eigenvalue weighted by Crippen LogP contribution is 2.30. The molecule has 2 N–H and O–H groups in total. The molecule has 1 atom stereocenters. The molecular formula is C25H23N7. The minimum atomic E-state index is 0.339. The fourth-order valence-corrected chi connectivity index (χ4v) is 4.49. The number of hydrogen-bond acceptors (Lipinski definition) is 5. The molecular weight excluding hydrogens is 398 g/mol. The van der Waals surface area contributed by atoms with Crippen molar-refractivity contribution in [3.8, 4) is 28.2 Å². The first-order valence-corrected chi connectivity index (χ1v) is 10.9. The van der Waals surface area contributed by atoms with Crippen molar-refractivity contribution in [2.45, 2.75) is 26.3 Å². The van der Waals surface area contributed by atoms with E-state index < -0.39 is 0 Å². The Morgan fingerprint density at radius 2 is 1.97 bits per heavy atom. The monoisotopic (exact) mass is 421 g/mol. The van der Waals surface area contributed by atoms with Crippen LogP contribution in [0, 0.1) is 6.92 Å². The number of H-pyrrole nitrogens is 1. The fraction of sp³-hybridized carbons (Fsp3) is 0.200. The van der Waals surface area contributed by atoms with E-state index >= 15 is 0 Å². The van der Waals surface area contributed by atoms with E-state index in [1.165, 1.54) is 11.1 Å². The minimum absolute atomic E-state index is 0.339. The summed E-state index contributed by atoms with van der Waals surface area (Å²) >= 11 is 0. The second-order valence-electron chi connectivity index (χ2n) is 8.44. The summed E-state index contributed by atoms with van der Waals surface area (Å²) in [5.74, 6) is 0. The van der Waals surface area contributed by atoms with Crippen molar-refractivity contribution in [2.24, 2.45) is 0 Å². The number of nitrogens with one attached hydrogen (secondary N) is 2. The van der Waals surface area contributed by atoms with Crippen LogP contribution in [-0.2, 0) is 6.42 Å². The smallest absolute Gasteiger partial charge is 0.134 e. The summed E-state index contributed by atoms with van der Waals surface area (Å²) in [5, 5.41) is 21.0. The van der Waals surface area contributed by atoms with Gasteiger partial charge in [-0.05, 0) is 79.4 Å². The van der Waals surface area contributed by atoms with Gasteiger partial charge in [-0.15, -0.1) is 5.10 Å². The Labute approximate surface area is 185 Å². The van der Waals surface area contributed by atoms with E-state index in [-0.39, 0.29) is 0 Å². The van der Waals surface area contributed by atoms with Crippen LogP contribution >= 0.6 is 0 Å². The molecule has 7 nitrogen and oxygen atoms in total. The molecule has 2 aromatic carbocycles. The van der Waals surface area contributed by atoms with Crippen LogP contribution in [0.25, 0.3) is 39.1 Å². The van der Waals surface area contributed by atoms with Gasteiger partial charge in [0, 0.05) is 29.4 Å². The van der Waals surface area contributed by atoms with Crippen LogP contribution in [-0.4, -0.2) is 36.7 Å². The molecule has 1 unspecified atom stereocenters. The van der Waals surface area contributed by atoms with E-state index in [9.17, 15) is 0 Å². The maximum Gasteiger partial charge on any atom is 0.134 e. The topological polar surface area (TPSA) is 84.3 Å². The van der Waals surface area contributed by atoms with Gasteiger partial charge in [-0.2, -0.15) is 5.10 Å². The third kappa shape index (κ3) is 3.18. The van der Waals surface area contributed by atoms with Gasteiger partial charge >= 0.3 is 0 Å². The molecule has 0 saturated heterocycles. The summed E-state index contributed by atoms with van der Waals surface area (Å²) in [6.45, 7) is 5.27. The Morgan fingerprint density at radius 1 is 1.03 bits per heavy atom. The maximum atomic E-state index is 4.54. The molecule has 0 bridgehead atoms. The standard InChI is InChI=1S/C25H23N7/c1-15-9-19(13-26-12-15)18-4-6-23-22(10-18)25(30-28-23)24-14-32(31-29-24)20-5-3-17-7-8-27-16(2)21(17)11-20/h3-6,9-14,16,27H,7-8H2,1-2H3,(H,28,30). The van der Waals surface area contributed by atoms with Gasteiger partial charge < -0.3 is 5.32 Å². The Kier molecular flexibility index (Phi) is 4.36. The Bertz CT molecular complexity index is 1450. The molecule has 0 saturated carbocycles. The first-order chi connectivity index (χ1) is 15.7. The van der Waals surface area contributed by atoms with Crippen molar-refractivity contribution in [3.05, 3.63) is 77.7 Å². The largest absolute Gasteiger partial charge is 0.310 e. The molecule has 1 aliphatic rings. The zero-order chi connectivity index (χ0) is 21.7. The average Bonchev–Trinajstić information content (AvgIpc) is 3.46. The molecule has 7 heteroatoms. The van der Waals surface area contributed by atoms with Gasteiger partial charge in [-0.25, -0.2) is 4.68 Å². The molecule has 0 aliphatic carbocycles. The molecule has 3 aromatic heterocycles. The van der Waals surface area contributed by atoms with Crippen molar-refractivity contribution in [1.29, 1.82) is 0 Å².